The van der Waals surface area contributed by atoms with E-state index in [4.69, 9.17) is 0 Å². The lowest BCUT2D eigenvalue weighted by atomic mass is 10.2. The van der Waals surface area contributed by atoms with Gasteiger partial charge >= 0.3 is 0 Å². The second kappa shape index (κ2) is 10.7. The second-order valence-electron chi connectivity index (χ2n) is 7.06. The molecule has 1 aromatic heterocycles. The van der Waals surface area contributed by atoms with Gasteiger partial charge in [-0.2, -0.15) is 0 Å². The van der Waals surface area contributed by atoms with Gasteiger partial charge in [-0.25, -0.2) is 21.8 Å². The van der Waals surface area contributed by atoms with Crippen LogP contribution >= 0.6 is 11.3 Å². The average molecular weight is 474 g/mol. The van der Waals surface area contributed by atoms with E-state index in [0.717, 1.165) is 43.0 Å². The summed E-state index contributed by atoms with van der Waals surface area (Å²) >= 11 is 0.898. The largest absolute Gasteiger partial charge is 0.374 e. The predicted molar refractivity (Wildman–Crippen MR) is 122 cm³/mol. The van der Waals surface area contributed by atoms with Crippen LogP contribution in [0.1, 0.15) is 39.2 Å². The zero-order chi connectivity index (χ0) is 22.4. The first-order valence-corrected chi connectivity index (χ1v) is 14.1. The Kier molecular flexibility index (Phi) is 8.84. The van der Waals surface area contributed by atoms with Gasteiger partial charge in [0, 0.05) is 6.54 Å². The quantitative estimate of drug-likeness (QED) is 0.470. The Balaban J connectivity index is 2.37. The highest BCUT2D eigenvalue weighted by molar-refractivity contribution is 7.94. The Bertz CT molecular complexity index is 1030. The lowest BCUT2D eigenvalue weighted by Gasteiger charge is -2.17. The van der Waals surface area contributed by atoms with E-state index in [1.165, 1.54) is 12.1 Å². The number of nitrogens with one attached hydrogen (secondary N) is 1. The number of benzene rings is 1. The summed E-state index contributed by atoms with van der Waals surface area (Å²) in [6.07, 6.45) is 1.25. The van der Waals surface area contributed by atoms with E-state index >= 15 is 0 Å². The van der Waals surface area contributed by atoms with Gasteiger partial charge in [-0.3, -0.25) is 0 Å². The van der Waals surface area contributed by atoms with Gasteiger partial charge < -0.3 is 10.2 Å². The molecule has 0 spiro atoms. The number of anilines is 1. The molecule has 1 aromatic carbocycles. The van der Waals surface area contributed by atoms with Crippen molar-refractivity contribution in [1.82, 2.24) is 9.88 Å². The van der Waals surface area contributed by atoms with E-state index in [-0.39, 0.29) is 25.0 Å². The zero-order valence-electron chi connectivity index (χ0n) is 18.0. The van der Waals surface area contributed by atoms with Gasteiger partial charge in [-0.15, -0.1) is 0 Å². The molecule has 0 aliphatic carbocycles. The van der Waals surface area contributed by atoms with E-state index in [2.05, 4.69) is 29.0 Å². The molecular formula is C20H31N3O4S3. The van der Waals surface area contributed by atoms with Crippen molar-refractivity contribution < 1.29 is 16.8 Å². The number of hydrogen-bond acceptors (Lipinski definition) is 8. The maximum atomic E-state index is 13.2. The van der Waals surface area contributed by atoms with Gasteiger partial charge in [0.2, 0.25) is 24.0 Å². The van der Waals surface area contributed by atoms with Crippen LogP contribution in [0.25, 0.3) is 0 Å². The fourth-order valence-corrected chi connectivity index (χ4v) is 7.33. The molecule has 0 bridgehead atoms. The maximum absolute atomic E-state index is 13.2. The van der Waals surface area contributed by atoms with Crippen molar-refractivity contribution in [1.29, 1.82) is 0 Å². The normalized spacial score (nSPS) is 12.4. The average Bonchev–Trinajstić information content (AvgIpc) is 3.14. The molecular weight excluding hydrogens is 442 g/mol. The number of hydrogen-bond donors (Lipinski definition) is 1. The Morgan fingerprint density at radius 2 is 1.67 bits per heavy atom. The minimum atomic E-state index is -3.94. The lowest BCUT2D eigenvalue weighted by molar-refractivity contribution is 0.303. The molecule has 2 aromatic rings. The molecule has 1 N–H and O–H groups in total. The minimum absolute atomic E-state index is 0.0636. The molecule has 0 amide bonds. The lowest BCUT2D eigenvalue weighted by Crippen LogP contribution is -2.25. The van der Waals surface area contributed by atoms with Crippen molar-refractivity contribution in [3.8, 4) is 0 Å². The molecule has 7 nitrogen and oxygen atoms in total. The summed E-state index contributed by atoms with van der Waals surface area (Å²) in [4.78, 5) is 6.46. The highest BCUT2D eigenvalue weighted by Gasteiger charge is 2.30. The Hall–Kier alpha value is -1.49. The Labute approximate surface area is 184 Å². The van der Waals surface area contributed by atoms with Crippen molar-refractivity contribution in [3.63, 3.8) is 0 Å². The van der Waals surface area contributed by atoms with Crippen LogP contribution in [0, 0.1) is 6.92 Å². The number of rotatable bonds is 12. The molecule has 0 fully saturated rings. The van der Waals surface area contributed by atoms with Crippen LogP contribution < -0.4 is 5.32 Å². The molecule has 0 aliphatic rings. The first-order chi connectivity index (χ1) is 14.2. The highest BCUT2D eigenvalue weighted by Crippen LogP contribution is 2.35. The number of aryl methyl sites for hydroxylation is 1. The second-order valence-corrected chi connectivity index (χ2v) is 12.2. The third-order valence-corrected chi connectivity index (χ3v) is 9.95. The van der Waals surface area contributed by atoms with Gasteiger partial charge in [-0.05, 0) is 51.5 Å². The number of aromatic nitrogens is 1. The minimum Gasteiger partial charge on any atom is -0.374 e. The van der Waals surface area contributed by atoms with E-state index in [1.807, 2.05) is 6.92 Å². The summed E-state index contributed by atoms with van der Waals surface area (Å²) in [7, 11) is -7.56. The fraction of sp³-hybridized carbons (Fsp3) is 0.550. The van der Waals surface area contributed by atoms with E-state index < -0.39 is 19.7 Å². The summed E-state index contributed by atoms with van der Waals surface area (Å²) in [5.41, 5.74) is 0.938. The van der Waals surface area contributed by atoms with E-state index in [0.29, 0.717) is 13.0 Å². The van der Waals surface area contributed by atoms with Crippen LogP contribution in [0.15, 0.2) is 38.5 Å². The molecule has 10 heteroatoms. The standard InChI is InChI=1S/C20H31N3O4S3/c1-5-15-29(24,25)20-22-19(30(26,27)17-11-9-16(4)10-12-17)18(28-20)21-13-8-14-23(6-2)7-3/h9-12,21H,5-8,13-15H2,1-4H3. The molecule has 1 heterocycles. The van der Waals surface area contributed by atoms with Gasteiger partial charge in [0.1, 0.15) is 5.00 Å². The van der Waals surface area contributed by atoms with Crippen LogP contribution in [0.4, 0.5) is 5.00 Å². The van der Waals surface area contributed by atoms with E-state index in [9.17, 15) is 16.8 Å². The van der Waals surface area contributed by atoms with E-state index in [1.54, 1.807) is 19.1 Å². The molecule has 168 valence electrons. The van der Waals surface area contributed by atoms with Gasteiger partial charge in [0.25, 0.3) is 0 Å². The third kappa shape index (κ3) is 6.03. The van der Waals surface area contributed by atoms with Crippen molar-refractivity contribution in [3.05, 3.63) is 29.8 Å². The van der Waals surface area contributed by atoms with Gasteiger partial charge in [0.15, 0.2) is 5.03 Å². The highest BCUT2D eigenvalue weighted by atomic mass is 32.2. The first kappa shape index (κ1) is 24.8. The summed E-state index contributed by atoms with van der Waals surface area (Å²) < 4.78 is 51.3. The molecule has 30 heavy (non-hydrogen) atoms. The SMILES string of the molecule is CCCS(=O)(=O)c1nc(S(=O)(=O)c2ccc(C)cc2)c(NCCCN(CC)CC)s1. The van der Waals surface area contributed by atoms with Crippen LogP contribution in [-0.4, -0.2) is 58.7 Å². The molecule has 0 atom stereocenters. The Morgan fingerprint density at radius 3 is 2.23 bits per heavy atom. The predicted octanol–water partition coefficient (Wildman–Crippen LogP) is 3.61. The van der Waals surface area contributed by atoms with Crippen LogP contribution in [0.2, 0.25) is 0 Å². The molecule has 0 saturated carbocycles. The summed E-state index contributed by atoms with van der Waals surface area (Å²) in [6, 6.07) is 6.47. The monoisotopic (exact) mass is 473 g/mol. The first-order valence-electron chi connectivity index (χ1n) is 10.2. The maximum Gasteiger partial charge on any atom is 0.226 e. The summed E-state index contributed by atoms with van der Waals surface area (Å²) in [5.74, 6) is -0.0636. The molecule has 0 unspecified atom stereocenters. The third-order valence-electron chi connectivity index (χ3n) is 4.73. The molecule has 0 saturated heterocycles. The number of nitrogens with zero attached hydrogens (tertiary/aromatic N) is 2. The van der Waals surface area contributed by atoms with Crippen molar-refractivity contribution >= 4 is 36.0 Å². The summed E-state index contributed by atoms with van der Waals surface area (Å²) in [5, 5.41) is 3.19. The van der Waals surface area contributed by atoms with Crippen molar-refractivity contribution in [2.24, 2.45) is 0 Å². The van der Waals surface area contributed by atoms with Crippen molar-refractivity contribution in [2.75, 3.05) is 37.2 Å². The smallest absolute Gasteiger partial charge is 0.226 e. The fourth-order valence-electron chi connectivity index (χ4n) is 2.94. The number of thiazole rings is 1. The van der Waals surface area contributed by atoms with Gasteiger partial charge in [0.05, 0.1) is 10.6 Å². The molecule has 0 aliphatic heterocycles. The number of sulfone groups is 2. The molecule has 2 rings (SSSR count). The van der Waals surface area contributed by atoms with Crippen LogP contribution in [0.3, 0.4) is 0 Å². The van der Waals surface area contributed by atoms with Crippen LogP contribution in [-0.2, 0) is 19.7 Å². The topological polar surface area (TPSA) is 96.4 Å². The zero-order valence-corrected chi connectivity index (χ0v) is 20.5. The Morgan fingerprint density at radius 1 is 1.03 bits per heavy atom. The molecule has 0 radical (unpaired) electrons. The van der Waals surface area contributed by atoms with Gasteiger partial charge in [-0.1, -0.05) is 49.8 Å². The summed E-state index contributed by atoms with van der Waals surface area (Å²) in [6.45, 7) is 11.1. The van der Waals surface area contributed by atoms with Crippen molar-refractivity contribution in [2.45, 2.75) is 54.8 Å². The van der Waals surface area contributed by atoms with Crippen LogP contribution in [0.5, 0.6) is 0 Å².